The first-order chi connectivity index (χ1) is 14.4. The number of nitrogens with zero attached hydrogens (tertiary/aromatic N) is 2. The Morgan fingerprint density at radius 3 is 1.97 bits per heavy atom. The number of rotatable bonds is 4. The quantitative estimate of drug-likeness (QED) is 0.588. The fourth-order valence-electron chi connectivity index (χ4n) is 4.55. The molecule has 0 aromatic carbocycles. The van der Waals surface area contributed by atoms with Gasteiger partial charge in [0.05, 0.1) is 0 Å². The van der Waals surface area contributed by atoms with Crippen molar-refractivity contribution < 1.29 is 18.0 Å². The van der Waals surface area contributed by atoms with Crippen LogP contribution in [-0.2, 0) is 6.18 Å². The van der Waals surface area contributed by atoms with Gasteiger partial charge in [0.2, 0.25) is 7.41 Å². The van der Waals surface area contributed by atoms with E-state index in [1.165, 1.54) is 38.5 Å². The molecule has 3 rings (SSSR count). The van der Waals surface area contributed by atoms with E-state index >= 15 is 0 Å². The van der Waals surface area contributed by atoms with E-state index in [4.69, 9.17) is 0 Å². The predicted octanol–water partition coefficient (Wildman–Crippen LogP) is 6.21. The molecule has 0 spiro atoms. The second kappa shape index (κ2) is 11.1. The van der Waals surface area contributed by atoms with E-state index in [2.05, 4.69) is 15.2 Å². The lowest BCUT2D eigenvalue weighted by Gasteiger charge is -2.17. The predicted molar refractivity (Wildman–Crippen MR) is 111 cm³/mol. The lowest BCUT2D eigenvalue weighted by molar-refractivity contribution is -0.141. The first-order valence-electron chi connectivity index (χ1n) is 11.5. The standard InChI is InChI=1S/C22H32BF3N3O/c24-22(25,26)19-15-18(27-20(28-19)16-11-9-10-12-16)21(30)29-23-17-13-7-5-3-1-2-4-6-8-14-17/h15-17H,1-14H2,(H,29,30). The van der Waals surface area contributed by atoms with Crippen LogP contribution in [0.1, 0.15) is 118 Å². The first kappa shape index (κ1) is 23.1. The minimum Gasteiger partial charge on any atom is -0.398 e. The van der Waals surface area contributed by atoms with Crippen molar-refractivity contribution in [3.8, 4) is 0 Å². The van der Waals surface area contributed by atoms with Crippen LogP contribution in [0.5, 0.6) is 0 Å². The highest BCUT2D eigenvalue weighted by Crippen LogP contribution is 2.35. The van der Waals surface area contributed by atoms with Gasteiger partial charge in [-0.25, -0.2) is 9.97 Å². The molecule has 4 nitrogen and oxygen atoms in total. The number of hydrogen-bond acceptors (Lipinski definition) is 3. The summed E-state index contributed by atoms with van der Waals surface area (Å²) >= 11 is 0. The summed E-state index contributed by atoms with van der Waals surface area (Å²) in [6, 6.07) is 0.777. The number of amides is 1. The van der Waals surface area contributed by atoms with Crippen molar-refractivity contribution in [3.63, 3.8) is 0 Å². The fraction of sp³-hybridized carbons (Fsp3) is 0.773. The van der Waals surface area contributed by atoms with E-state index in [0.717, 1.165) is 57.4 Å². The topological polar surface area (TPSA) is 54.9 Å². The maximum absolute atomic E-state index is 13.3. The summed E-state index contributed by atoms with van der Waals surface area (Å²) in [5.74, 6) is -0.255. The van der Waals surface area contributed by atoms with Gasteiger partial charge in [-0.2, -0.15) is 13.2 Å². The van der Waals surface area contributed by atoms with Crippen LogP contribution >= 0.6 is 0 Å². The molecule has 1 aromatic heterocycles. The Kier molecular flexibility index (Phi) is 8.57. The van der Waals surface area contributed by atoms with E-state index in [1.807, 2.05) is 0 Å². The molecule has 0 atom stereocenters. The van der Waals surface area contributed by atoms with Gasteiger partial charge in [-0.15, -0.1) is 0 Å². The molecule has 1 radical (unpaired) electrons. The van der Waals surface area contributed by atoms with Gasteiger partial charge in [0.15, 0.2) is 0 Å². The second-order valence-electron chi connectivity index (χ2n) is 8.78. The molecule has 165 valence electrons. The monoisotopic (exact) mass is 422 g/mol. The third-order valence-corrected chi connectivity index (χ3v) is 6.34. The minimum absolute atomic E-state index is 0.0925. The summed E-state index contributed by atoms with van der Waals surface area (Å²) in [5.41, 5.74) is -1.22. The highest BCUT2D eigenvalue weighted by molar-refractivity contribution is 6.40. The molecule has 0 unspecified atom stereocenters. The molecule has 8 heteroatoms. The highest BCUT2D eigenvalue weighted by atomic mass is 19.4. The molecular weight excluding hydrogens is 390 g/mol. The Morgan fingerprint density at radius 1 is 0.867 bits per heavy atom. The maximum atomic E-state index is 13.3. The van der Waals surface area contributed by atoms with Crippen LogP contribution in [0.4, 0.5) is 13.2 Å². The Hall–Kier alpha value is -1.60. The molecule has 1 heterocycles. The average Bonchev–Trinajstić information content (AvgIpc) is 3.24. The van der Waals surface area contributed by atoms with Crippen molar-refractivity contribution >= 4 is 13.3 Å². The molecule has 30 heavy (non-hydrogen) atoms. The van der Waals surface area contributed by atoms with Gasteiger partial charge in [-0.1, -0.05) is 77.0 Å². The van der Waals surface area contributed by atoms with Gasteiger partial charge >= 0.3 is 6.18 Å². The molecule has 1 N–H and O–H groups in total. The Morgan fingerprint density at radius 2 is 1.40 bits per heavy atom. The van der Waals surface area contributed by atoms with Crippen LogP contribution in [0.25, 0.3) is 0 Å². The summed E-state index contributed by atoms with van der Waals surface area (Å²) in [6.07, 6.45) is 10.6. The molecule has 2 saturated carbocycles. The van der Waals surface area contributed by atoms with Gasteiger partial charge in [0.25, 0.3) is 5.91 Å². The van der Waals surface area contributed by atoms with Crippen molar-refractivity contribution in [3.05, 3.63) is 23.3 Å². The van der Waals surface area contributed by atoms with Crippen LogP contribution in [0, 0.1) is 0 Å². The molecular formula is C22H32BF3N3O. The number of nitrogens with one attached hydrogen (secondary N) is 1. The maximum Gasteiger partial charge on any atom is 0.433 e. The number of carbonyl (C=O) groups is 1. The number of carbonyl (C=O) groups excluding carboxylic acids is 1. The van der Waals surface area contributed by atoms with Gasteiger partial charge in [0.1, 0.15) is 17.2 Å². The van der Waals surface area contributed by atoms with E-state index in [1.54, 1.807) is 7.41 Å². The Balaban J connectivity index is 1.66. The van der Waals surface area contributed by atoms with Crippen molar-refractivity contribution in [2.45, 2.75) is 108 Å². The summed E-state index contributed by atoms with van der Waals surface area (Å²) in [7, 11) is 1.78. The van der Waals surface area contributed by atoms with Crippen molar-refractivity contribution in [2.24, 2.45) is 0 Å². The number of alkyl halides is 3. The van der Waals surface area contributed by atoms with E-state index in [-0.39, 0.29) is 23.3 Å². The third-order valence-electron chi connectivity index (χ3n) is 6.34. The molecule has 0 saturated heterocycles. The largest absolute Gasteiger partial charge is 0.433 e. The van der Waals surface area contributed by atoms with E-state index < -0.39 is 17.8 Å². The smallest absolute Gasteiger partial charge is 0.398 e. The average molecular weight is 422 g/mol. The third kappa shape index (κ3) is 6.98. The van der Waals surface area contributed by atoms with Crippen molar-refractivity contribution in [1.29, 1.82) is 0 Å². The lowest BCUT2D eigenvalue weighted by Crippen LogP contribution is -2.32. The second-order valence-corrected chi connectivity index (χ2v) is 8.78. The summed E-state index contributed by atoms with van der Waals surface area (Å²) in [4.78, 5) is 20.6. The lowest BCUT2D eigenvalue weighted by atomic mass is 9.69. The SMILES string of the molecule is O=C(N[B]C1CCCCCCCCCC1)c1cc(C(F)(F)F)nc(C2CCCC2)n1. The highest BCUT2D eigenvalue weighted by Gasteiger charge is 2.35. The van der Waals surface area contributed by atoms with E-state index in [0.29, 0.717) is 0 Å². The summed E-state index contributed by atoms with van der Waals surface area (Å²) < 4.78 is 40.0. The zero-order valence-electron chi connectivity index (χ0n) is 17.6. The molecule has 1 aromatic rings. The van der Waals surface area contributed by atoms with Gasteiger partial charge in [0, 0.05) is 12.0 Å². The zero-order valence-corrected chi connectivity index (χ0v) is 17.6. The van der Waals surface area contributed by atoms with Crippen molar-refractivity contribution in [2.75, 3.05) is 0 Å². The number of hydrogen-bond donors (Lipinski definition) is 1. The number of halogens is 3. The Bertz CT molecular complexity index is 681. The van der Waals surface area contributed by atoms with Gasteiger partial charge < -0.3 is 5.23 Å². The Labute approximate surface area is 178 Å². The molecule has 1 amide bonds. The number of aromatic nitrogens is 2. The van der Waals surface area contributed by atoms with Crippen LogP contribution in [-0.4, -0.2) is 23.3 Å². The van der Waals surface area contributed by atoms with Crippen LogP contribution in [0.2, 0.25) is 5.82 Å². The molecule has 0 aliphatic heterocycles. The van der Waals surface area contributed by atoms with Crippen molar-refractivity contribution in [1.82, 2.24) is 15.2 Å². The zero-order chi connectivity index (χ0) is 21.4. The normalized spacial score (nSPS) is 20.5. The van der Waals surface area contributed by atoms with Crippen LogP contribution in [0.3, 0.4) is 0 Å². The molecule has 2 aliphatic rings. The molecule has 2 fully saturated rings. The van der Waals surface area contributed by atoms with Crippen LogP contribution in [0.15, 0.2) is 6.07 Å². The fourth-order valence-corrected chi connectivity index (χ4v) is 4.55. The molecule has 0 bridgehead atoms. The first-order valence-corrected chi connectivity index (χ1v) is 11.5. The van der Waals surface area contributed by atoms with Crippen LogP contribution < -0.4 is 5.23 Å². The van der Waals surface area contributed by atoms with Gasteiger partial charge in [-0.05, 0) is 18.7 Å². The summed E-state index contributed by atoms with van der Waals surface area (Å²) in [5, 5.41) is 2.74. The van der Waals surface area contributed by atoms with E-state index in [9.17, 15) is 18.0 Å². The minimum atomic E-state index is -4.59. The molecule has 2 aliphatic carbocycles. The van der Waals surface area contributed by atoms with Gasteiger partial charge in [-0.3, -0.25) is 4.79 Å². The summed E-state index contributed by atoms with van der Waals surface area (Å²) in [6.45, 7) is 0.